The summed E-state index contributed by atoms with van der Waals surface area (Å²) in [7, 11) is 0. The molecular formula is C17H22FN3O2. The van der Waals surface area contributed by atoms with Gasteiger partial charge < -0.3 is 9.64 Å². The molecule has 0 aromatic carbocycles. The number of hydrogen-bond acceptors (Lipinski definition) is 4. The van der Waals surface area contributed by atoms with Crippen molar-refractivity contribution in [2.75, 3.05) is 32.8 Å². The largest absolute Gasteiger partial charge is 0.373 e. The first kappa shape index (κ1) is 16.1. The van der Waals surface area contributed by atoms with Gasteiger partial charge in [-0.15, -0.1) is 6.58 Å². The van der Waals surface area contributed by atoms with Crippen molar-refractivity contribution in [3.8, 4) is 0 Å². The Morgan fingerprint density at radius 1 is 1.43 bits per heavy atom. The zero-order chi connectivity index (χ0) is 16.2. The predicted octanol–water partition coefficient (Wildman–Crippen LogP) is 1.25. The third-order valence-corrected chi connectivity index (χ3v) is 4.50. The van der Waals surface area contributed by atoms with Crippen LogP contribution in [0, 0.1) is 5.82 Å². The molecule has 6 heteroatoms. The smallest absolute Gasteiger partial charge is 0.228 e. The van der Waals surface area contributed by atoms with Gasteiger partial charge in [-0.3, -0.25) is 14.7 Å². The first-order valence-corrected chi connectivity index (χ1v) is 8.00. The van der Waals surface area contributed by atoms with E-state index in [0.717, 1.165) is 38.8 Å². The zero-order valence-electron chi connectivity index (χ0n) is 13.2. The van der Waals surface area contributed by atoms with E-state index in [9.17, 15) is 9.18 Å². The summed E-state index contributed by atoms with van der Waals surface area (Å²) >= 11 is 0. The monoisotopic (exact) mass is 319 g/mol. The van der Waals surface area contributed by atoms with Crippen LogP contribution < -0.4 is 0 Å². The van der Waals surface area contributed by atoms with Crippen LogP contribution in [0.2, 0.25) is 0 Å². The summed E-state index contributed by atoms with van der Waals surface area (Å²) in [6, 6.07) is 3.27. The number of piperazine rings is 1. The minimum Gasteiger partial charge on any atom is -0.373 e. The van der Waals surface area contributed by atoms with Gasteiger partial charge in [0.2, 0.25) is 5.91 Å². The van der Waals surface area contributed by atoms with Crippen LogP contribution in [0.5, 0.6) is 0 Å². The fourth-order valence-electron chi connectivity index (χ4n) is 3.33. The minimum atomic E-state index is -0.383. The Hall–Kier alpha value is -1.79. The van der Waals surface area contributed by atoms with Crippen LogP contribution in [-0.2, 0) is 16.0 Å². The topological polar surface area (TPSA) is 45.7 Å². The summed E-state index contributed by atoms with van der Waals surface area (Å²) < 4.78 is 18.6. The molecule has 0 radical (unpaired) electrons. The number of halogens is 1. The Morgan fingerprint density at radius 2 is 2.30 bits per heavy atom. The number of carbonyl (C=O) groups is 1. The maximum Gasteiger partial charge on any atom is 0.228 e. The molecule has 2 aliphatic heterocycles. The van der Waals surface area contributed by atoms with Crippen LogP contribution >= 0.6 is 0 Å². The predicted molar refractivity (Wildman–Crippen MR) is 84.4 cm³/mol. The van der Waals surface area contributed by atoms with E-state index in [4.69, 9.17) is 4.74 Å². The average molecular weight is 319 g/mol. The molecule has 0 saturated carbocycles. The SMILES string of the molecule is C=CCOC1CC2CN(C(=O)Cc3ccc(F)cn3)CCN2C1. The summed E-state index contributed by atoms with van der Waals surface area (Å²) in [5.41, 5.74) is 0.609. The molecule has 2 aliphatic rings. The van der Waals surface area contributed by atoms with Gasteiger partial charge in [0, 0.05) is 37.9 Å². The lowest BCUT2D eigenvalue weighted by molar-refractivity contribution is -0.133. The zero-order valence-corrected chi connectivity index (χ0v) is 13.2. The van der Waals surface area contributed by atoms with Gasteiger partial charge in [0.25, 0.3) is 0 Å². The summed E-state index contributed by atoms with van der Waals surface area (Å²) in [5, 5.41) is 0. The normalized spacial score (nSPS) is 24.5. The highest BCUT2D eigenvalue weighted by Gasteiger charge is 2.37. The maximum atomic E-state index is 12.9. The van der Waals surface area contributed by atoms with Gasteiger partial charge in [0.15, 0.2) is 0 Å². The highest BCUT2D eigenvalue weighted by molar-refractivity contribution is 5.78. The van der Waals surface area contributed by atoms with E-state index >= 15 is 0 Å². The van der Waals surface area contributed by atoms with Crippen molar-refractivity contribution in [3.05, 3.63) is 42.5 Å². The maximum absolute atomic E-state index is 12.9. The van der Waals surface area contributed by atoms with E-state index in [2.05, 4.69) is 16.5 Å². The van der Waals surface area contributed by atoms with Crippen molar-refractivity contribution >= 4 is 5.91 Å². The van der Waals surface area contributed by atoms with E-state index in [1.54, 1.807) is 12.1 Å². The van der Waals surface area contributed by atoms with E-state index in [-0.39, 0.29) is 24.2 Å². The van der Waals surface area contributed by atoms with Crippen molar-refractivity contribution in [1.29, 1.82) is 0 Å². The fraction of sp³-hybridized carbons (Fsp3) is 0.529. The molecule has 1 aromatic heterocycles. The second-order valence-corrected chi connectivity index (χ2v) is 6.11. The van der Waals surface area contributed by atoms with Gasteiger partial charge in [0.05, 0.1) is 25.3 Å². The third kappa shape index (κ3) is 3.95. The Labute approximate surface area is 135 Å². The molecule has 2 fully saturated rings. The lowest BCUT2D eigenvalue weighted by Gasteiger charge is -2.37. The van der Waals surface area contributed by atoms with Crippen LogP contribution in [0.1, 0.15) is 12.1 Å². The molecule has 23 heavy (non-hydrogen) atoms. The molecule has 2 atom stereocenters. The molecule has 1 amide bonds. The number of rotatable bonds is 5. The van der Waals surface area contributed by atoms with Crippen LogP contribution in [0.4, 0.5) is 4.39 Å². The number of hydrogen-bond donors (Lipinski definition) is 0. The Bertz CT molecular complexity index is 563. The molecule has 5 nitrogen and oxygen atoms in total. The summed E-state index contributed by atoms with van der Waals surface area (Å²) in [6.07, 6.45) is 4.32. The molecule has 2 unspecified atom stereocenters. The van der Waals surface area contributed by atoms with Crippen molar-refractivity contribution in [3.63, 3.8) is 0 Å². The Kier molecular flexibility index (Phi) is 5.03. The highest BCUT2D eigenvalue weighted by Crippen LogP contribution is 2.24. The molecular weight excluding hydrogens is 297 g/mol. The van der Waals surface area contributed by atoms with Gasteiger partial charge in [-0.25, -0.2) is 4.39 Å². The van der Waals surface area contributed by atoms with Gasteiger partial charge in [-0.05, 0) is 18.6 Å². The summed E-state index contributed by atoms with van der Waals surface area (Å²) in [6.45, 7) is 7.51. The number of nitrogens with zero attached hydrogens (tertiary/aromatic N) is 3. The molecule has 0 aliphatic carbocycles. The first-order chi connectivity index (χ1) is 11.2. The van der Waals surface area contributed by atoms with Crippen molar-refractivity contribution in [1.82, 2.24) is 14.8 Å². The molecule has 2 saturated heterocycles. The van der Waals surface area contributed by atoms with Gasteiger partial charge in [-0.2, -0.15) is 0 Å². The van der Waals surface area contributed by atoms with E-state index < -0.39 is 0 Å². The lowest BCUT2D eigenvalue weighted by Crippen LogP contribution is -2.52. The fourth-order valence-corrected chi connectivity index (χ4v) is 3.33. The number of carbonyl (C=O) groups excluding carboxylic acids is 1. The van der Waals surface area contributed by atoms with Crippen molar-refractivity contribution < 1.29 is 13.9 Å². The van der Waals surface area contributed by atoms with Crippen LogP contribution in [0.15, 0.2) is 31.0 Å². The quantitative estimate of drug-likeness (QED) is 0.767. The van der Waals surface area contributed by atoms with Crippen molar-refractivity contribution in [2.24, 2.45) is 0 Å². The number of fused-ring (bicyclic) bond motifs is 1. The summed E-state index contributed by atoms with van der Waals surface area (Å²) in [4.78, 5) is 20.7. The third-order valence-electron chi connectivity index (χ3n) is 4.50. The Morgan fingerprint density at radius 3 is 3.04 bits per heavy atom. The molecule has 3 heterocycles. The molecule has 0 N–H and O–H groups in total. The summed E-state index contributed by atoms with van der Waals surface area (Å²) in [5.74, 6) is -0.328. The number of aromatic nitrogens is 1. The molecule has 0 bridgehead atoms. The highest BCUT2D eigenvalue weighted by atomic mass is 19.1. The number of amides is 1. The van der Waals surface area contributed by atoms with E-state index in [1.165, 1.54) is 6.07 Å². The molecule has 3 rings (SSSR count). The number of pyridine rings is 1. The van der Waals surface area contributed by atoms with Crippen LogP contribution in [0.25, 0.3) is 0 Å². The van der Waals surface area contributed by atoms with E-state index in [1.807, 2.05) is 4.90 Å². The Balaban J connectivity index is 1.53. The standard InChI is InChI=1S/C17H22FN3O2/c1-2-7-23-16-9-15-11-21(6-5-20(15)12-16)17(22)8-14-4-3-13(18)10-19-14/h2-4,10,15-16H,1,5-9,11-12H2. The number of ether oxygens (including phenoxy) is 1. The van der Waals surface area contributed by atoms with Crippen LogP contribution in [0.3, 0.4) is 0 Å². The first-order valence-electron chi connectivity index (χ1n) is 8.00. The lowest BCUT2D eigenvalue weighted by atomic mass is 10.1. The van der Waals surface area contributed by atoms with Gasteiger partial charge in [0.1, 0.15) is 5.82 Å². The minimum absolute atomic E-state index is 0.0548. The molecule has 0 spiro atoms. The second kappa shape index (κ2) is 7.19. The van der Waals surface area contributed by atoms with E-state index in [0.29, 0.717) is 18.3 Å². The average Bonchev–Trinajstić information content (AvgIpc) is 2.97. The second-order valence-electron chi connectivity index (χ2n) is 6.11. The van der Waals surface area contributed by atoms with Gasteiger partial charge >= 0.3 is 0 Å². The van der Waals surface area contributed by atoms with Gasteiger partial charge in [-0.1, -0.05) is 6.08 Å². The molecule has 1 aromatic rings. The van der Waals surface area contributed by atoms with Crippen LogP contribution in [-0.4, -0.2) is 65.6 Å². The molecule has 124 valence electrons. The van der Waals surface area contributed by atoms with Crippen molar-refractivity contribution in [2.45, 2.75) is 25.0 Å².